The highest BCUT2D eigenvalue weighted by molar-refractivity contribution is 6.31. The van der Waals surface area contributed by atoms with Gasteiger partial charge in [0.05, 0.1) is 26.3 Å². The van der Waals surface area contributed by atoms with E-state index in [4.69, 9.17) is 21.1 Å². The van der Waals surface area contributed by atoms with Crippen LogP contribution in [0.3, 0.4) is 0 Å². The van der Waals surface area contributed by atoms with E-state index in [0.717, 1.165) is 0 Å². The summed E-state index contributed by atoms with van der Waals surface area (Å²) >= 11 is 5.98. The first-order chi connectivity index (χ1) is 13.5. The zero-order valence-electron chi connectivity index (χ0n) is 15.3. The molecule has 0 fully saturated rings. The van der Waals surface area contributed by atoms with Gasteiger partial charge in [0, 0.05) is 10.7 Å². The average molecular weight is 403 g/mol. The van der Waals surface area contributed by atoms with Crippen LogP contribution in [0, 0.1) is 0 Å². The summed E-state index contributed by atoms with van der Waals surface area (Å²) in [7, 11) is 3.06. The van der Waals surface area contributed by atoms with Crippen molar-refractivity contribution in [3.8, 4) is 11.5 Å². The SMILES string of the molecule is COc1ccc(NC2=N[C@H](C(=O)Nc3cc(Cl)ccc3OC)CC(=O)N2)cc1. The van der Waals surface area contributed by atoms with Gasteiger partial charge in [0.15, 0.2) is 0 Å². The topological polar surface area (TPSA) is 101 Å². The first-order valence-electron chi connectivity index (χ1n) is 8.41. The summed E-state index contributed by atoms with van der Waals surface area (Å²) in [4.78, 5) is 29.0. The molecule has 0 aliphatic carbocycles. The van der Waals surface area contributed by atoms with E-state index >= 15 is 0 Å². The van der Waals surface area contributed by atoms with Crippen LogP contribution in [0.1, 0.15) is 6.42 Å². The van der Waals surface area contributed by atoms with Crippen LogP contribution in [0.15, 0.2) is 47.5 Å². The molecular formula is C19H19ClN4O4. The minimum Gasteiger partial charge on any atom is -0.497 e. The number of rotatable bonds is 5. The molecule has 2 aromatic carbocycles. The number of benzene rings is 2. The second-order valence-corrected chi connectivity index (χ2v) is 6.37. The number of hydrogen-bond acceptors (Lipinski definition) is 6. The zero-order valence-corrected chi connectivity index (χ0v) is 16.0. The first kappa shape index (κ1) is 19.5. The summed E-state index contributed by atoms with van der Waals surface area (Å²) in [6.45, 7) is 0. The highest BCUT2D eigenvalue weighted by Crippen LogP contribution is 2.28. The second-order valence-electron chi connectivity index (χ2n) is 5.93. The van der Waals surface area contributed by atoms with Crippen molar-refractivity contribution in [2.45, 2.75) is 12.5 Å². The van der Waals surface area contributed by atoms with Gasteiger partial charge in [-0.3, -0.25) is 14.9 Å². The third-order valence-corrected chi connectivity index (χ3v) is 4.23. The van der Waals surface area contributed by atoms with Crippen LogP contribution >= 0.6 is 11.6 Å². The van der Waals surface area contributed by atoms with Gasteiger partial charge in [-0.2, -0.15) is 0 Å². The van der Waals surface area contributed by atoms with Crippen LogP contribution in [0.25, 0.3) is 0 Å². The van der Waals surface area contributed by atoms with Crippen LogP contribution in [-0.2, 0) is 9.59 Å². The number of methoxy groups -OCH3 is 2. The number of anilines is 2. The molecule has 8 nitrogen and oxygen atoms in total. The minimum absolute atomic E-state index is 0.0670. The van der Waals surface area contributed by atoms with E-state index in [1.807, 2.05) is 0 Å². The molecular weight excluding hydrogens is 384 g/mol. The third kappa shape index (κ3) is 4.72. The van der Waals surface area contributed by atoms with E-state index < -0.39 is 11.9 Å². The van der Waals surface area contributed by atoms with Gasteiger partial charge in [0.1, 0.15) is 17.5 Å². The van der Waals surface area contributed by atoms with Crippen molar-refractivity contribution in [3.05, 3.63) is 47.5 Å². The lowest BCUT2D eigenvalue weighted by atomic mass is 10.1. The van der Waals surface area contributed by atoms with Crippen molar-refractivity contribution in [3.63, 3.8) is 0 Å². The molecule has 1 aliphatic heterocycles. The summed E-state index contributed by atoms with van der Waals surface area (Å²) in [5.74, 6) is 0.597. The van der Waals surface area contributed by atoms with Crippen molar-refractivity contribution >= 4 is 40.7 Å². The van der Waals surface area contributed by atoms with Crippen molar-refractivity contribution in [2.24, 2.45) is 4.99 Å². The Labute approximate surface area is 166 Å². The van der Waals surface area contributed by atoms with Gasteiger partial charge in [-0.1, -0.05) is 11.6 Å². The van der Waals surface area contributed by atoms with Gasteiger partial charge in [0.2, 0.25) is 17.8 Å². The number of nitrogens with zero attached hydrogens (tertiary/aromatic N) is 1. The standard InChI is InChI=1S/C19H19ClN4O4/c1-27-13-6-4-12(5-7-13)21-19-23-15(10-17(25)24-19)18(26)22-14-9-11(20)3-8-16(14)28-2/h3-9,15H,10H2,1-2H3,(H,22,26)(H2,21,23,24,25)/t15-/m0/s1. The molecule has 0 unspecified atom stereocenters. The molecule has 0 aromatic heterocycles. The summed E-state index contributed by atoms with van der Waals surface area (Å²) in [6, 6.07) is 11.1. The molecule has 1 atom stereocenters. The van der Waals surface area contributed by atoms with Crippen molar-refractivity contribution in [1.82, 2.24) is 5.32 Å². The van der Waals surface area contributed by atoms with E-state index in [-0.39, 0.29) is 18.3 Å². The van der Waals surface area contributed by atoms with E-state index in [1.165, 1.54) is 7.11 Å². The Hall–Kier alpha value is -3.26. The number of halogens is 1. The maximum absolute atomic E-state index is 12.6. The largest absolute Gasteiger partial charge is 0.497 e. The number of guanidine groups is 1. The highest BCUT2D eigenvalue weighted by Gasteiger charge is 2.27. The van der Waals surface area contributed by atoms with E-state index in [0.29, 0.717) is 27.9 Å². The molecule has 28 heavy (non-hydrogen) atoms. The number of carbonyl (C=O) groups excluding carboxylic acids is 2. The van der Waals surface area contributed by atoms with E-state index in [2.05, 4.69) is 20.9 Å². The van der Waals surface area contributed by atoms with Gasteiger partial charge in [-0.15, -0.1) is 0 Å². The fourth-order valence-corrected chi connectivity index (χ4v) is 2.78. The fourth-order valence-electron chi connectivity index (χ4n) is 2.61. The molecule has 3 N–H and O–H groups in total. The molecule has 146 valence electrons. The average Bonchev–Trinajstić information content (AvgIpc) is 2.68. The fraction of sp³-hybridized carbons (Fsp3) is 0.211. The number of carbonyl (C=O) groups is 2. The summed E-state index contributed by atoms with van der Waals surface area (Å²) < 4.78 is 10.3. The maximum Gasteiger partial charge on any atom is 0.249 e. The first-order valence-corrected chi connectivity index (χ1v) is 8.79. The molecule has 3 rings (SSSR count). The Morgan fingerprint density at radius 2 is 1.93 bits per heavy atom. The Kier molecular flexibility index (Phi) is 6.00. The summed E-state index contributed by atoms with van der Waals surface area (Å²) in [5.41, 5.74) is 1.10. The lowest BCUT2D eigenvalue weighted by Crippen LogP contribution is -2.45. The molecule has 2 amide bonds. The number of aliphatic imine (C=N–C) groups is 1. The van der Waals surface area contributed by atoms with Crippen molar-refractivity contribution < 1.29 is 19.1 Å². The van der Waals surface area contributed by atoms with Gasteiger partial charge in [0.25, 0.3) is 0 Å². The van der Waals surface area contributed by atoms with Crippen LogP contribution < -0.4 is 25.4 Å². The smallest absolute Gasteiger partial charge is 0.249 e. The van der Waals surface area contributed by atoms with Crippen LogP contribution in [-0.4, -0.2) is 38.0 Å². The van der Waals surface area contributed by atoms with Crippen molar-refractivity contribution in [2.75, 3.05) is 24.9 Å². The van der Waals surface area contributed by atoms with Gasteiger partial charge < -0.3 is 20.1 Å². The van der Waals surface area contributed by atoms with Crippen LogP contribution in [0.4, 0.5) is 11.4 Å². The third-order valence-electron chi connectivity index (χ3n) is 4.00. The zero-order chi connectivity index (χ0) is 20.1. The predicted octanol–water partition coefficient (Wildman–Crippen LogP) is 2.65. The number of hydrogen-bond donors (Lipinski definition) is 3. The molecule has 9 heteroatoms. The Balaban J connectivity index is 1.75. The van der Waals surface area contributed by atoms with Crippen LogP contribution in [0.5, 0.6) is 11.5 Å². The second kappa shape index (κ2) is 8.62. The highest BCUT2D eigenvalue weighted by atomic mass is 35.5. The maximum atomic E-state index is 12.6. The quantitative estimate of drug-likeness (QED) is 0.713. The Morgan fingerprint density at radius 1 is 1.18 bits per heavy atom. The van der Waals surface area contributed by atoms with E-state index in [1.54, 1.807) is 49.6 Å². The number of ether oxygens (including phenoxy) is 2. The van der Waals surface area contributed by atoms with Gasteiger partial charge >= 0.3 is 0 Å². The predicted molar refractivity (Wildman–Crippen MR) is 107 cm³/mol. The molecule has 0 radical (unpaired) electrons. The lowest BCUT2D eigenvalue weighted by Gasteiger charge is -2.21. The molecule has 2 aromatic rings. The molecule has 1 heterocycles. The molecule has 0 saturated heterocycles. The van der Waals surface area contributed by atoms with Gasteiger partial charge in [-0.25, -0.2) is 4.99 Å². The van der Waals surface area contributed by atoms with E-state index in [9.17, 15) is 9.59 Å². The van der Waals surface area contributed by atoms with Crippen LogP contribution in [0.2, 0.25) is 5.02 Å². The molecule has 0 spiro atoms. The molecule has 1 aliphatic rings. The summed E-state index contributed by atoms with van der Waals surface area (Å²) in [6.07, 6.45) is -0.0670. The van der Waals surface area contributed by atoms with Crippen molar-refractivity contribution in [1.29, 1.82) is 0 Å². The monoisotopic (exact) mass is 402 g/mol. The lowest BCUT2D eigenvalue weighted by molar-refractivity contribution is -0.124. The molecule has 0 saturated carbocycles. The number of nitrogens with one attached hydrogen (secondary N) is 3. The minimum atomic E-state index is -0.891. The molecule has 0 bridgehead atoms. The Bertz CT molecular complexity index is 915. The normalized spacial score (nSPS) is 15.9. The number of amides is 2. The Morgan fingerprint density at radius 3 is 2.61 bits per heavy atom. The van der Waals surface area contributed by atoms with Gasteiger partial charge in [-0.05, 0) is 42.5 Å². The summed E-state index contributed by atoms with van der Waals surface area (Å²) in [5, 5.41) is 8.76.